The van der Waals surface area contributed by atoms with Crippen LogP contribution < -0.4 is 10.6 Å². The van der Waals surface area contributed by atoms with E-state index >= 15 is 0 Å². The standard InChI is InChI=1S/C13H15FN2O2/c1-8-4-6-16(7-5-8)10-3-2-9(14)12(15)11(10)13(17)18/h2-4H,5-7,15H2,1H3,(H,17,18). The first-order chi connectivity index (χ1) is 8.50. The van der Waals surface area contributed by atoms with Crippen molar-refractivity contribution in [2.24, 2.45) is 0 Å². The molecule has 1 aromatic rings. The zero-order valence-corrected chi connectivity index (χ0v) is 10.1. The lowest BCUT2D eigenvalue weighted by Crippen LogP contribution is -2.30. The summed E-state index contributed by atoms with van der Waals surface area (Å²) in [5.74, 6) is -1.90. The smallest absolute Gasteiger partial charge is 0.340 e. The first kappa shape index (κ1) is 12.4. The Balaban J connectivity index is 2.45. The molecule has 1 aliphatic rings. The van der Waals surface area contributed by atoms with Gasteiger partial charge in [-0.25, -0.2) is 9.18 Å². The van der Waals surface area contributed by atoms with E-state index in [2.05, 4.69) is 0 Å². The number of hydrogen-bond acceptors (Lipinski definition) is 3. The Labute approximate surface area is 105 Å². The third-order valence-corrected chi connectivity index (χ3v) is 3.16. The van der Waals surface area contributed by atoms with Gasteiger partial charge in [0.1, 0.15) is 11.4 Å². The quantitative estimate of drug-likeness (QED) is 0.624. The summed E-state index contributed by atoms with van der Waals surface area (Å²) >= 11 is 0. The molecule has 0 aliphatic carbocycles. The van der Waals surface area contributed by atoms with E-state index in [1.807, 2.05) is 17.9 Å². The van der Waals surface area contributed by atoms with Crippen LogP contribution in [-0.4, -0.2) is 24.2 Å². The summed E-state index contributed by atoms with van der Waals surface area (Å²) in [6.07, 6.45) is 2.91. The zero-order valence-electron chi connectivity index (χ0n) is 10.1. The maximum atomic E-state index is 13.3. The number of nitrogens with two attached hydrogens (primary N) is 1. The Morgan fingerprint density at radius 3 is 2.78 bits per heavy atom. The number of carboxylic acids is 1. The second-order valence-electron chi connectivity index (χ2n) is 4.41. The Morgan fingerprint density at radius 1 is 1.50 bits per heavy atom. The Hall–Kier alpha value is -2.04. The van der Waals surface area contributed by atoms with Crippen LogP contribution in [0, 0.1) is 5.82 Å². The molecule has 5 heteroatoms. The number of hydrogen-bond donors (Lipinski definition) is 2. The number of benzene rings is 1. The normalized spacial score (nSPS) is 15.4. The number of nitrogen functional groups attached to an aromatic ring is 1. The number of anilines is 2. The van der Waals surface area contributed by atoms with Gasteiger partial charge in [-0.15, -0.1) is 0 Å². The van der Waals surface area contributed by atoms with E-state index in [0.717, 1.165) is 6.42 Å². The van der Waals surface area contributed by atoms with Crippen LogP contribution >= 0.6 is 0 Å². The molecule has 0 radical (unpaired) electrons. The topological polar surface area (TPSA) is 66.6 Å². The van der Waals surface area contributed by atoms with Gasteiger partial charge in [0.2, 0.25) is 0 Å². The minimum atomic E-state index is -1.20. The van der Waals surface area contributed by atoms with Crippen molar-refractivity contribution in [3.8, 4) is 0 Å². The third-order valence-electron chi connectivity index (χ3n) is 3.16. The van der Waals surface area contributed by atoms with Crippen LogP contribution in [0.2, 0.25) is 0 Å². The highest BCUT2D eigenvalue weighted by Crippen LogP contribution is 2.29. The molecule has 2 rings (SSSR count). The summed E-state index contributed by atoms with van der Waals surface area (Å²) in [6, 6.07) is 2.69. The van der Waals surface area contributed by atoms with Crippen molar-refractivity contribution in [2.45, 2.75) is 13.3 Å². The summed E-state index contributed by atoms with van der Waals surface area (Å²) in [4.78, 5) is 13.1. The molecular weight excluding hydrogens is 235 g/mol. The number of carbonyl (C=O) groups is 1. The Bertz CT molecular complexity index is 526. The molecule has 1 heterocycles. The maximum absolute atomic E-state index is 13.3. The molecule has 0 saturated carbocycles. The summed E-state index contributed by atoms with van der Waals surface area (Å²) in [5, 5.41) is 9.16. The molecule has 0 spiro atoms. The van der Waals surface area contributed by atoms with E-state index in [-0.39, 0.29) is 11.3 Å². The average molecular weight is 250 g/mol. The van der Waals surface area contributed by atoms with Crippen LogP contribution in [0.25, 0.3) is 0 Å². The van der Waals surface area contributed by atoms with E-state index in [4.69, 9.17) is 10.8 Å². The molecule has 0 amide bonds. The number of nitrogens with zero attached hydrogens (tertiary/aromatic N) is 1. The monoisotopic (exact) mass is 250 g/mol. The fourth-order valence-electron chi connectivity index (χ4n) is 2.06. The van der Waals surface area contributed by atoms with Crippen molar-refractivity contribution in [3.63, 3.8) is 0 Å². The SMILES string of the molecule is CC1=CCN(c2ccc(F)c(N)c2C(=O)O)CC1. The third kappa shape index (κ3) is 2.16. The van der Waals surface area contributed by atoms with Crippen LogP contribution in [-0.2, 0) is 0 Å². The van der Waals surface area contributed by atoms with Crippen LogP contribution in [0.5, 0.6) is 0 Å². The molecule has 18 heavy (non-hydrogen) atoms. The van der Waals surface area contributed by atoms with Crippen LogP contribution in [0.15, 0.2) is 23.8 Å². The lowest BCUT2D eigenvalue weighted by atomic mass is 10.1. The average Bonchev–Trinajstić information content (AvgIpc) is 2.33. The zero-order chi connectivity index (χ0) is 13.3. The minimum absolute atomic E-state index is 0.150. The fraction of sp³-hybridized carbons (Fsp3) is 0.308. The molecular formula is C13H15FN2O2. The molecule has 1 aromatic carbocycles. The van der Waals surface area contributed by atoms with Gasteiger partial charge in [0, 0.05) is 13.1 Å². The summed E-state index contributed by atoms with van der Waals surface area (Å²) < 4.78 is 13.3. The van der Waals surface area contributed by atoms with Crippen molar-refractivity contribution >= 4 is 17.3 Å². The van der Waals surface area contributed by atoms with Crippen molar-refractivity contribution in [1.29, 1.82) is 0 Å². The van der Waals surface area contributed by atoms with Gasteiger partial charge in [0.25, 0.3) is 0 Å². The second-order valence-corrected chi connectivity index (χ2v) is 4.41. The van der Waals surface area contributed by atoms with Gasteiger partial charge in [-0.1, -0.05) is 11.6 Å². The molecule has 96 valence electrons. The van der Waals surface area contributed by atoms with E-state index in [9.17, 15) is 9.18 Å². The highest BCUT2D eigenvalue weighted by atomic mass is 19.1. The van der Waals surface area contributed by atoms with E-state index in [1.54, 1.807) is 0 Å². The van der Waals surface area contributed by atoms with Crippen molar-refractivity contribution in [1.82, 2.24) is 0 Å². The highest BCUT2D eigenvalue weighted by molar-refractivity contribution is 6.00. The van der Waals surface area contributed by atoms with E-state index < -0.39 is 11.8 Å². The summed E-state index contributed by atoms with van der Waals surface area (Å²) in [7, 11) is 0. The van der Waals surface area contributed by atoms with Crippen molar-refractivity contribution in [3.05, 3.63) is 35.2 Å². The summed E-state index contributed by atoms with van der Waals surface area (Å²) in [5.41, 5.74) is 6.82. The maximum Gasteiger partial charge on any atom is 0.340 e. The minimum Gasteiger partial charge on any atom is -0.478 e. The number of aromatic carboxylic acids is 1. The molecule has 4 nitrogen and oxygen atoms in total. The summed E-state index contributed by atoms with van der Waals surface area (Å²) in [6.45, 7) is 3.37. The molecule has 0 atom stereocenters. The van der Waals surface area contributed by atoms with Crippen LogP contribution in [0.1, 0.15) is 23.7 Å². The molecule has 0 bridgehead atoms. The molecule has 0 unspecified atom stereocenters. The van der Waals surface area contributed by atoms with Gasteiger partial charge in [-0.3, -0.25) is 0 Å². The molecule has 1 aliphatic heterocycles. The predicted octanol–water partition coefficient (Wildman–Crippen LogP) is 2.26. The van der Waals surface area contributed by atoms with Crippen molar-refractivity contribution in [2.75, 3.05) is 23.7 Å². The number of halogens is 1. The Kier molecular flexibility index (Phi) is 3.23. The van der Waals surface area contributed by atoms with Gasteiger partial charge in [-0.05, 0) is 25.5 Å². The fourth-order valence-corrected chi connectivity index (χ4v) is 2.06. The molecule has 3 N–H and O–H groups in total. The number of carboxylic acid groups (broad SMARTS) is 1. The Morgan fingerprint density at radius 2 is 2.22 bits per heavy atom. The first-order valence-electron chi connectivity index (χ1n) is 5.72. The van der Waals surface area contributed by atoms with Gasteiger partial charge < -0.3 is 15.7 Å². The highest BCUT2D eigenvalue weighted by Gasteiger charge is 2.22. The van der Waals surface area contributed by atoms with Gasteiger partial charge in [-0.2, -0.15) is 0 Å². The lowest BCUT2D eigenvalue weighted by Gasteiger charge is -2.29. The lowest BCUT2D eigenvalue weighted by molar-refractivity contribution is 0.0698. The van der Waals surface area contributed by atoms with Gasteiger partial charge >= 0.3 is 5.97 Å². The molecule has 0 aromatic heterocycles. The second kappa shape index (κ2) is 4.68. The predicted molar refractivity (Wildman–Crippen MR) is 68.4 cm³/mol. The van der Waals surface area contributed by atoms with E-state index in [0.29, 0.717) is 18.8 Å². The van der Waals surface area contributed by atoms with Crippen molar-refractivity contribution < 1.29 is 14.3 Å². The first-order valence-corrected chi connectivity index (χ1v) is 5.72. The van der Waals surface area contributed by atoms with Crippen LogP contribution in [0.3, 0.4) is 0 Å². The van der Waals surface area contributed by atoms with Gasteiger partial charge in [0.15, 0.2) is 0 Å². The number of rotatable bonds is 2. The molecule has 0 fully saturated rings. The van der Waals surface area contributed by atoms with E-state index in [1.165, 1.54) is 17.7 Å². The van der Waals surface area contributed by atoms with Gasteiger partial charge in [0.05, 0.1) is 11.4 Å². The molecule has 0 saturated heterocycles. The largest absolute Gasteiger partial charge is 0.478 e. The van der Waals surface area contributed by atoms with Crippen LogP contribution in [0.4, 0.5) is 15.8 Å².